The quantitative estimate of drug-likeness (QED) is 0.882. The third-order valence-corrected chi connectivity index (χ3v) is 3.69. The van der Waals surface area contributed by atoms with E-state index < -0.39 is 0 Å². The van der Waals surface area contributed by atoms with Gasteiger partial charge >= 0.3 is 0 Å². The minimum absolute atomic E-state index is 0.284. The molecule has 0 aromatic carbocycles. The highest BCUT2D eigenvalue weighted by atomic mass is 32.1. The Kier molecular flexibility index (Phi) is 4.23. The molecule has 1 N–H and O–H groups in total. The molecule has 2 rings (SSSR count). The summed E-state index contributed by atoms with van der Waals surface area (Å²) in [7, 11) is 0. The van der Waals surface area contributed by atoms with Crippen molar-refractivity contribution in [2.45, 2.75) is 26.4 Å². The minimum atomic E-state index is -0.284. The van der Waals surface area contributed by atoms with E-state index in [9.17, 15) is 4.39 Å². The van der Waals surface area contributed by atoms with E-state index in [0.29, 0.717) is 6.54 Å². The Hall–Kier alpha value is -1.26. The SMILES string of the molecule is CCc1ccc(CNCc2cncc(F)c2)s1. The molecule has 17 heavy (non-hydrogen) atoms. The molecular formula is C13H15FN2S. The number of aromatic nitrogens is 1. The first-order chi connectivity index (χ1) is 8.28. The van der Waals surface area contributed by atoms with Gasteiger partial charge in [0.1, 0.15) is 5.82 Å². The summed E-state index contributed by atoms with van der Waals surface area (Å²) >= 11 is 1.82. The van der Waals surface area contributed by atoms with Gasteiger partial charge in [-0.25, -0.2) is 4.39 Å². The molecule has 2 aromatic heterocycles. The summed E-state index contributed by atoms with van der Waals surface area (Å²) in [6, 6.07) is 5.80. The fraction of sp³-hybridized carbons (Fsp3) is 0.308. The molecule has 2 aromatic rings. The van der Waals surface area contributed by atoms with Gasteiger partial charge in [-0.3, -0.25) is 4.98 Å². The summed E-state index contributed by atoms with van der Waals surface area (Å²) < 4.78 is 12.9. The fourth-order valence-electron chi connectivity index (χ4n) is 1.59. The molecule has 0 aliphatic carbocycles. The van der Waals surface area contributed by atoms with Crippen LogP contribution in [-0.2, 0) is 19.5 Å². The smallest absolute Gasteiger partial charge is 0.141 e. The second-order valence-electron chi connectivity index (χ2n) is 3.84. The summed E-state index contributed by atoms with van der Waals surface area (Å²) in [6.45, 7) is 3.62. The van der Waals surface area contributed by atoms with Crippen molar-refractivity contribution in [2.75, 3.05) is 0 Å². The van der Waals surface area contributed by atoms with Crippen LogP contribution in [0.4, 0.5) is 4.39 Å². The lowest BCUT2D eigenvalue weighted by Gasteiger charge is -2.02. The maximum Gasteiger partial charge on any atom is 0.141 e. The molecular weight excluding hydrogens is 235 g/mol. The van der Waals surface area contributed by atoms with Crippen molar-refractivity contribution in [1.82, 2.24) is 10.3 Å². The Morgan fingerprint density at radius 1 is 1.24 bits per heavy atom. The van der Waals surface area contributed by atoms with Crippen LogP contribution in [0.1, 0.15) is 22.2 Å². The molecule has 0 spiro atoms. The molecule has 0 saturated heterocycles. The van der Waals surface area contributed by atoms with E-state index in [1.165, 1.54) is 22.0 Å². The van der Waals surface area contributed by atoms with Gasteiger partial charge in [-0.1, -0.05) is 6.92 Å². The normalized spacial score (nSPS) is 10.7. The van der Waals surface area contributed by atoms with Gasteiger partial charge in [-0.15, -0.1) is 11.3 Å². The fourth-order valence-corrected chi connectivity index (χ4v) is 2.52. The van der Waals surface area contributed by atoms with Crippen LogP contribution in [0.25, 0.3) is 0 Å². The maximum atomic E-state index is 12.9. The van der Waals surface area contributed by atoms with Gasteiger partial charge in [0.15, 0.2) is 0 Å². The first kappa shape index (κ1) is 12.2. The lowest BCUT2D eigenvalue weighted by Crippen LogP contribution is -2.12. The standard InChI is InChI=1S/C13H15FN2S/c1-2-12-3-4-13(17-12)9-16-7-10-5-11(14)8-15-6-10/h3-6,8,16H,2,7,9H2,1H3. The summed E-state index contributed by atoms with van der Waals surface area (Å²) in [5, 5.41) is 3.29. The molecule has 0 radical (unpaired) electrons. The van der Waals surface area contributed by atoms with Gasteiger partial charge in [0, 0.05) is 29.0 Å². The molecule has 90 valence electrons. The molecule has 0 fully saturated rings. The highest BCUT2D eigenvalue weighted by Gasteiger charge is 1.99. The van der Waals surface area contributed by atoms with E-state index >= 15 is 0 Å². The van der Waals surface area contributed by atoms with Crippen LogP contribution in [-0.4, -0.2) is 4.98 Å². The van der Waals surface area contributed by atoms with Gasteiger partial charge in [0.05, 0.1) is 6.20 Å². The second kappa shape index (κ2) is 5.89. The molecule has 0 bridgehead atoms. The Bertz CT molecular complexity index is 482. The third kappa shape index (κ3) is 3.61. The van der Waals surface area contributed by atoms with E-state index in [1.54, 1.807) is 6.20 Å². The number of hydrogen-bond donors (Lipinski definition) is 1. The van der Waals surface area contributed by atoms with Crippen LogP contribution in [0.3, 0.4) is 0 Å². The van der Waals surface area contributed by atoms with Gasteiger partial charge in [0.25, 0.3) is 0 Å². The van der Waals surface area contributed by atoms with Crippen molar-refractivity contribution in [1.29, 1.82) is 0 Å². The average Bonchev–Trinajstić information content (AvgIpc) is 2.77. The van der Waals surface area contributed by atoms with E-state index in [0.717, 1.165) is 18.5 Å². The Balaban J connectivity index is 1.83. The number of thiophene rings is 1. The van der Waals surface area contributed by atoms with Crippen LogP contribution in [0.15, 0.2) is 30.6 Å². The molecule has 2 nitrogen and oxygen atoms in total. The van der Waals surface area contributed by atoms with Crippen LogP contribution in [0.5, 0.6) is 0 Å². The Morgan fingerprint density at radius 3 is 2.76 bits per heavy atom. The number of aryl methyl sites for hydroxylation is 1. The highest BCUT2D eigenvalue weighted by Crippen LogP contribution is 2.16. The number of hydrogen-bond acceptors (Lipinski definition) is 3. The van der Waals surface area contributed by atoms with Gasteiger partial charge in [0.2, 0.25) is 0 Å². The van der Waals surface area contributed by atoms with Crippen LogP contribution >= 0.6 is 11.3 Å². The summed E-state index contributed by atoms with van der Waals surface area (Å²) in [5.41, 5.74) is 0.872. The Labute approximate surface area is 105 Å². The predicted octanol–water partition coefficient (Wildman–Crippen LogP) is 3.13. The van der Waals surface area contributed by atoms with E-state index in [-0.39, 0.29) is 5.82 Å². The third-order valence-electron chi connectivity index (χ3n) is 2.46. The zero-order valence-corrected chi connectivity index (χ0v) is 10.6. The molecule has 0 atom stereocenters. The first-order valence-electron chi connectivity index (χ1n) is 5.65. The zero-order valence-electron chi connectivity index (χ0n) is 9.74. The summed E-state index contributed by atoms with van der Waals surface area (Å²) in [6.07, 6.45) is 3.98. The molecule has 0 saturated carbocycles. The lowest BCUT2D eigenvalue weighted by molar-refractivity contribution is 0.613. The molecule has 0 aliphatic heterocycles. The second-order valence-corrected chi connectivity index (χ2v) is 5.09. The Morgan fingerprint density at radius 2 is 2.06 bits per heavy atom. The lowest BCUT2D eigenvalue weighted by atomic mass is 10.3. The number of nitrogens with one attached hydrogen (secondary N) is 1. The number of halogens is 1. The van der Waals surface area contributed by atoms with Gasteiger partial charge < -0.3 is 5.32 Å². The molecule has 0 aliphatic rings. The minimum Gasteiger partial charge on any atom is -0.308 e. The van der Waals surface area contributed by atoms with Crippen LogP contribution in [0.2, 0.25) is 0 Å². The first-order valence-corrected chi connectivity index (χ1v) is 6.47. The number of pyridine rings is 1. The zero-order chi connectivity index (χ0) is 12.1. The topological polar surface area (TPSA) is 24.9 Å². The monoisotopic (exact) mass is 250 g/mol. The molecule has 4 heteroatoms. The summed E-state index contributed by atoms with van der Waals surface area (Å²) in [4.78, 5) is 6.52. The molecule has 0 amide bonds. The van der Waals surface area contributed by atoms with E-state index in [1.807, 2.05) is 11.3 Å². The predicted molar refractivity (Wildman–Crippen MR) is 68.4 cm³/mol. The van der Waals surface area contributed by atoms with Gasteiger partial charge in [-0.05, 0) is 30.2 Å². The summed E-state index contributed by atoms with van der Waals surface area (Å²) in [5.74, 6) is -0.284. The van der Waals surface area contributed by atoms with Crippen molar-refractivity contribution in [3.8, 4) is 0 Å². The van der Waals surface area contributed by atoms with Crippen molar-refractivity contribution in [3.05, 3.63) is 51.7 Å². The molecule has 0 unspecified atom stereocenters. The van der Waals surface area contributed by atoms with E-state index in [4.69, 9.17) is 0 Å². The van der Waals surface area contributed by atoms with Crippen molar-refractivity contribution < 1.29 is 4.39 Å². The van der Waals surface area contributed by atoms with E-state index in [2.05, 4.69) is 29.4 Å². The number of nitrogens with zero attached hydrogens (tertiary/aromatic N) is 1. The average molecular weight is 250 g/mol. The van der Waals surface area contributed by atoms with Crippen molar-refractivity contribution in [3.63, 3.8) is 0 Å². The largest absolute Gasteiger partial charge is 0.308 e. The van der Waals surface area contributed by atoms with Crippen LogP contribution in [0, 0.1) is 5.82 Å². The maximum absolute atomic E-state index is 12.9. The number of rotatable bonds is 5. The van der Waals surface area contributed by atoms with Crippen LogP contribution < -0.4 is 5.32 Å². The van der Waals surface area contributed by atoms with Crippen molar-refractivity contribution >= 4 is 11.3 Å². The van der Waals surface area contributed by atoms with Gasteiger partial charge in [-0.2, -0.15) is 0 Å². The highest BCUT2D eigenvalue weighted by molar-refractivity contribution is 7.11. The molecule has 2 heterocycles. The van der Waals surface area contributed by atoms with Crippen molar-refractivity contribution in [2.24, 2.45) is 0 Å².